The number of rotatable bonds is 3. The maximum absolute atomic E-state index is 12.9. The van der Waals surface area contributed by atoms with Crippen molar-refractivity contribution in [3.8, 4) is 0 Å². The average Bonchev–Trinajstić information content (AvgIpc) is 2.00. The fourth-order valence-corrected chi connectivity index (χ4v) is 0.735. The van der Waals surface area contributed by atoms with E-state index in [0.717, 1.165) is 0 Å². The van der Waals surface area contributed by atoms with Gasteiger partial charge < -0.3 is 0 Å². The molecule has 0 bridgehead atoms. The predicted molar refractivity (Wildman–Crippen MR) is 36.0 cm³/mol. The monoisotopic (exact) mass is 262 g/mol. The van der Waals surface area contributed by atoms with Gasteiger partial charge in [-0.2, -0.15) is 30.7 Å². The summed E-state index contributed by atoms with van der Waals surface area (Å²) in [6, 6.07) is 0. The first-order valence-corrected chi connectivity index (χ1v) is 3.85. The van der Waals surface area contributed by atoms with Crippen molar-refractivity contribution in [2.24, 2.45) is 0 Å². The van der Waals surface area contributed by atoms with Crippen LogP contribution in [-0.2, 0) is 0 Å². The zero-order valence-electron chi connectivity index (χ0n) is 7.98. The largest absolute Gasteiger partial charge is 0.460 e. The van der Waals surface area contributed by atoms with E-state index < -0.39 is 29.9 Å². The molecule has 0 saturated heterocycles. The Morgan fingerprint density at radius 2 is 1.06 bits per heavy atom. The highest BCUT2D eigenvalue weighted by Crippen LogP contribution is 2.53. The van der Waals surface area contributed by atoms with Crippen molar-refractivity contribution >= 4 is 0 Å². The van der Waals surface area contributed by atoms with Crippen LogP contribution in [0.5, 0.6) is 0 Å². The summed E-state index contributed by atoms with van der Waals surface area (Å²) in [5, 5.41) is 0. The summed E-state index contributed by atoms with van der Waals surface area (Å²) in [5.74, 6) is -12.9. The van der Waals surface area contributed by atoms with Gasteiger partial charge in [-0.25, -0.2) is 8.78 Å². The molecule has 0 spiro atoms. The minimum Gasteiger partial charge on any atom is -0.244 e. The van der Waals surface area contributed by atoms with Gasteiger partial charge in [0, 0.05) is 0 Å². The smallest absolute Gasteiger partial charge is 0.244 e. The molecule has 0 saturated carbocycles. The Morgan fingerprint density at radius 3 is 1.25 bits per heavy atom. The Labute approximate surface area is 84.4 Å². The van der Waals surface area contributed by atoms with E-state index in [9.17, 15) is 39.5 Å². The molecule has 9 heteroatoms. The molecule has 0 fully saturated rings. The third-order valence-electron chi connectivity index (χ3n) is 2.11. The maximum Gasteiger partial charge on any atom is 0.460 e. The maximum atomic E-state index is 12.9. The van der Waals surface area contributed by atoms with E-state index in [4.69, 9.17) is 0 Å². The fourth-order valence-electron chi connectivity index (χ4n) is 0.735. The summed E-state index contributed by atoms with van der Waals surface area (Å²) < 4.78 is 110. The van der Waals surface area contributed by atoms with Crippen molar-refractivity contribution in [3.05, 3.63) is 0 Å². The summed E-state index contributed by atoms with van der Waals surface area (Å²) in [5.41, 5.74) is -4.63. The van der Waals surface area contributed by atoms with Crippen LogP contribution in [0.1, 0.15) is 13.8 Å². The summed E-state index contributed by atoms with van der Waals surface area (Å²) in [6.07, 6.45) is -9.87. The molecule has 0 aromatic rings. The highest BCUT2D eigenvalue weighted by Gasteiger charge is 2.80. The molecule has 2 unspecified atom stereocenters. The third kappa shape index (κ3) is 1.95. The lowest BCUT2D eigenvalue weighted by atomic mass is 9.90. The molecule has 0 aliphatic carbocycles. The highest BCUT2D eigenvalue weighted by molar-refractivity contribution is 5.05. The van der Waals surface area contributed by atoms with Gasteiger partial charge >= 0.3 is 18.0 Å². The minimum atomic E-state index is -6.67. The number of hydrogen-bond donors (Lipinski definition) is 0. The van der Waals surface area contributed by atoms with Crippen LogP contribution < -0.4 is 0 Å². The van der Waals surface area contributed by atoms with Crippen LogP contribution in [0.3, 0.4) is 0 Å². The molecule has 0 radical (unpaired) electrons. The van der Waals surface area contributed by atoms with Gasteiger partial charge in [-0.05, 0) is 13.8 Å². The molecule has 0 aliphatic rings. The van der Waals surface area contributed by atoms with E-state index in [1.807, 2.05) is 0 Å². The van der Waals surface area contributed by atoms with E-state index in [0.29, 0.717) is 0 Å². The lowest BCUT2D eigenvalue weighted by molar-refractivity contribution is -0.382. The third-order valence-corrected chi connectivity index (χ3v) is 2.11. The molecular weight excluding hydrogens is 255 g/mol. The van der Waals surface area contributed by atoms with Crippen LogP contribution in [0, 0.1) is 0 Å². The van der Waals surface area contributed by atoms with Crippen LogP contribution in [0.15, 0.2) is 0 Å². The van der Waals surface area contributed by atoms with Gasteiger partial charge in [-0.1, -0.05) is 0 Å². The molecule has 0 aromatic heterocycles. The van der Waals surface area contributed by atoms with E-state index in [1.54, 1.807) is 0 Å². The lowest BCUT2D eigenvalue weighted by Crippen LogP contribution is -2.63. The summed E-state index contributed by atoms with van der Waals surface area (Å²) in [6.45, 7) is -0.225. The highest BCUT2D eigenvalue weighted by atomic mass is 19.4. The second-order valence-electron chi connectivity index (χ2n) is 3.34. The Hall–Kier alpha value is -0.630. The molecule has 0 nitrogen and oxygen atoms in total. The van der Waals surface area contributed by atoms with Crippen molar-refractivity contribution in [1.29, 1.82) is 0 Å². The quantitative estimate of drug-likeness (QED) is 0.676. The standard InChI is InChI=1S/C7H7F9/c1-3(8)4(2,9)5(10,11)6(12,13)7(14,15)16/h3H,1-2H3. The average molecular weight is 262 g/mol. The van der Waals surface area contributed by atoms with E-state index in [2.05, 4.69) is 0 Å². The van der Waals surface area contributed by atoms with Crippen LogP contribution in [0.4, 0.5) is 39.5 Å². The molecule has 16 heavy (non-hydrogen) atoms. The topological polar surface area (TPSA) is 0 Å². The molecular formula is C7H7F9. The predicted octanol–water partition coefficient (Wildman–Crippen LogP) is 3.91. The van der Waals surface area contributed by atoms with Gasteiger partial charge in [-0.15, -0.1) is 0 Å². The van der Waals surface area contributed by atoms with E-state index in [1.165, 1.54) is 0 Å². The van der Waals surface area contributed by atoms with Gasteiger partial charge in [0.1, 0.15) is 6.17 Å². The Bertz CT molecular complexity index is 249. The van der Waals surface area contributed by atoms with E-state index >= 15 is 0 Å². The zero-order chi connectivity index (χ0) is 13.6. The number of halogens is 9. The molecule has 98 valence electrons. The van der Waals surface area contributed by atoms with Gasteiger partial charge in [0.05, 0.1) is 0 Å². The Kier molecular flexibility index (Phi) is 3.55. The second-order valence-corrected chi connectivity index (χ2v) is 3.34. The Morgan fingerprint density at radius 1 is 0.750 bits per heavy atom. The van der Waals surface area contributed by atoms with Crippen LogP contribution in [0.2, 0.25) is 0 Å². The number of alkyl halides is 9. The van der Waals surface area contributed by atoms with Crippen LogP contribution >= 0.6 is 0 Å². The molecule has 0 rings (SSSR count). The number of hydrogen-bond acceptors (Lipinski definition) is 0. The van der Waals surface area contributed by atoms with Gasteiger partial charge in [-0.3, -0.25) is 0 Å². The summed E-state index contributed by atoms with van der Waals surface area (Å²) in [4.78, 5) is 0. The second kappa shape index (κ2) is 3.69. The first-order valence-electron chi connectivity index (χ1n) is 3.85. The molecule has 0 aromatic carbocycles. The minimum absolute atomic E-state index is 0.125. The first kappa shape index (κ1) is 15.4. The van der Waals surface area contributed by atoms with Crippen LogP contribution in [0.25, 0.3) is 0 Å². The van der Waals surface area contributed by atoms with Crippen LogP contribution in [-0.4, -0.2) is 29.9 Å². The Balaban J connectivity index is 5.53. The van der Waals surface area contributed by atoms with Crippen molar-refractivity contribution < 1.29 is 39.5 Å². The van der Waals surface area contributed by atoms with Crippen molar-refractivity contribution in [2.75, 3.05) is 0 Å². The van der Waals surface area contributed by atoms with Crippen molar-refractivity contribution in [2.45, 2.75) is 43.7 Å². The van der Waals surface area contributed by atoms with Gasteiger partial charge in [0.15, 0.2) is 0 Å². The van der Waals surface area contributed by atoms with E-state index in [-0.39, 0.29) is 13.8 Å². The van der Waals surface area contributed by atoms with Gasteiger partial charge in [0.25, 0.3) is 0 Å². The molecule has 0 aliphatic heterocycles. The molecule has 0 heterocycles. The van der Waals surface area contributed by atoms with Crippen molar-refractivity contribution in [1.82, 2.24) is 0 Å². The lowest BCUT2D eigenvalue weighted by Gasteiger charge is -2.37. The normalized spacial score (nSPS) is 20.4. The summed E-state index contributed by atoms with van der Waals surface area (Å²) >= 11 is 0. The molecule has 2 atom stereocenters. The summed E-state index contributed by atoms with van der Waals surface area (Å²) in [7, 11) is 0. The molecule has 0 N–H and O–H groups in total. The fraction of sp³-hybridized carbons (Fsp3) is 1.00. The van der Waals surface area contributed by atoms with Crippen molar-refractivity contribution in [3.63, 3.8) is 0 Å². The molecule has 0 amide bonds. The first-order chi connectivity index (χ1) is 6.69. The van der Waals surface area contributed by atoms with Gasteiger partial charge in [0.2, 0.25) is 5.67 Å². The zero-order valence-corrected chi connectivity index (χ0v) is 7.98. The SMILES string of the molecule is CC(F)C(C)(F)C(F)(F)C(F)(F)C(F)(F)F.